The Morgan fingerprint density at radius 3 is 2.23 bits per heavy atom. The van der Waals surface area contributed by atoms with E-state index in [0.717, 1.165) is 33.6 Å². The van der Waals surface area contributed by atoms with Crippen molar-refractivity contribution in [3.05, 3.63) is 88.7 Å². The number of hydrogen-bond donors (Lipinski definition) is 4. The van der Waals surface area contributed by atoms with Crippen LogP contribution < -0.4 is 4.74 Å². The number of hydrogen-bond acceptors (Lipinski definition) is 6. The fourth-order valence-electron chi connectivity index (χ4n) is 4.54. The lowest BCUT2D eigenvalue weighted by molar-refractivity contribution is -0.231. The van der Waals surface area contributed by atoms with Crippen molar-refractivity contribution in [2.24, 2.45) is 0 Å². The molecular formula is C28H31FO6. The van der Waals surface area contributed by atoms with Crippen LogP contribution in [-0.4, -0.2) is 58.1 Å². The van der Waals surface area contributed by atoms with E-state index >= 15 is 0 Å². The lowest BCUT2D eigenvalue weighted by Gasteiger charge is -2.40. The number of aliphatic hydroxyl groups is 4. The van der Waals surface area contributed by atoms with Gasteiger partial charge in [0.05, 0.1) is 13.2 Å². The summed E-state index contributed by atoms with van der Waals surface area (Å²) in [5.74, 6) is 0.446. The van der Waals surface area contributed by atoms with Gasteiger partial charge in [-0.05, 0) is 84.0 Å². The van der Waals surface area contributed by atoms with Gasteiger partial charge in [0.1, 0.15) is 42.1 Å². The lowest BCUT2D eigenvalue weighted by atomic mass is 9.85. The van der Waals surface area contributed by atoms with E-state index < -0.39 is 37.1 Å². The molecule has 7 heteroatoms. The van der Waals surface area contributed by atoms with Crippen LogP contribution in [-0.2, 0) is 11.2 Å². The van der Waals surface area contributed by atoms with Crippen LogP contribution in [0.4, 0.5) is 4.39 Å². The Bertz CT molecular complexity index is 1130. The first kappa shape index (κ1) is 25.3. The average molecular weight is 483 g/mol. The molecule has 1 fully saturated rings. The molecule has 4 N–H and O–H groups in total. The fraction of sp³-hybridized carbons (Fsp3) is 0.357. The molecule has 0 aliphatic carbocycles. The first-order chi connectivity index (χ1) is 16.8. The molecule has 0 amide bonds. The molecule has 5 unspecified atom stereocenters. The highest BCUT2D eigenvalue weighted by molar-refractivity contribution is 5.70. The van der Waals surface area contributed by atoms with Gasteiger partial charge in [0.15, 0.2) is 0 Å². The van der Waals surface area contributed by atoms with E-state index in [-0.39, 0.29) is 5.82 Å². The van der Waals surface area contributed by atoms with Crippen LogP contribution >= 0.6 is 0 Å². The van der Waals surface area contributed by atoms with E-state index in [2.05, 4.69) is 0 Å². The van der Waals surface area contributed by atoms with Gasteiger partial charge in [0.2, 0.25) is 0 Å². The fourth-order valence-corrected chi connectivity index (χ4v) is 4.54. The highest BCUT2D eigenvalue weighted by Gasteiger charge is 2.44. The molecule has 0 radical (unpaired) electrons. The summed E-state index contributed by atoms with van der Waals surface area (Å²) in [4.78, 5) is 0. The second-order valence-electron chi connectivity index (χ2n) is 8.86. The monoisotopic (exact) mass is 482 g/mol. The van der Waals surface area contributed by atoms with E-state index in [1.807, 2.05) is 50.2 Å². The average Bonchev–Trinajstić information content (AvgIpc) is 2.86. The maximum atomic E-state index is 13.6. The van der Waals surface area contributed by atoms with Crippen LogP contribution in [0.5, 0.6) is 5.75 Å². The number of rotatable bonds is 7. The van der Waals surface area contributed by atoms with Gasteiger partial charge < -0.3 is 29.9 Å². The van der Waals surface area contributed by atoms with Gasteiger partial charge in [-0.3, -0.25) is 0 Å². The molecule has 1 saturated heterocycles. The molecule has 6 nitrogen and oxygen atoms in total. The molecule has 5 atom stereocenters. The van der Waals surface area contributed by atoms with E-state index in [9.17, 15) is 24.8 Å². The SMILES string of the molecule is CCOc1ccc(Cc2cc(C3OC(CO)C(O)C(O)C3O)cc(-c3ccc(F)cc3)c2C)cc1. The summed E-state index contributed by atoms with van der Waals surface area (Å²) >= 11 is 0. The van der Waals surface area contributed by atoms with Crippen molar-refractivity contribution in [3.8, 4) is 16.9 Å². The van der Waals surface area contributed by atoms with Crippen LogP contribution in [0.2, 0.25) is 0 Å². The molecule has 1 heterocycles. The molecule has 1 aliphatic heterocycles. The van der Waals surface area contributed by atoms with Crippen molar-refractivity contribution in [1.29, 1.82) is 0 Å². The molecule has 0 spiro atoms. The summed E-state index contributed by atoms with van der Waals surface area (Å²) in [6.45, 7) is 4.00. The number of benzene rings is 3. The Balaban J connectivity index is 1.77. The summed E-state index contributed by atoms with van der Waals surface area (Å²) in [7, 11) is 0. The second kappa shape index (κ2) is 10.8. The third kappa shape index (κ3) is 5.39. The zero-order valence-electron chi connectivity index (χ0n) is 19.8. The van der Waals surface area contributed by atoms with Crippen molar-refractivity contribution >= 4 is 0 Å². The smallest absolute Gasteiger partial charge is 0.123 e. The molecule has 0 aromatic heterocycles. The largest absolute Gasteiger partial charge is 0.494 e. The van der Waals surface area contributed by atoms with E-state index in [4.69, 9.17) is 9.47 Å². The van der Waals surface area contributed by atoms with Gasteiger partial charge in [0, 0.05) is 0 Å². The minimum atomic E-state index is -1.48. The zero-order valence-corrected chi connectivity index (χ0v) is 19.8. The lowest BCUT2D eigenvalue weighted by Crippen LogP contribution is -2.55. The summed E-state index contributed by atoms with van der Waals surface area (Å²) in [5.41, 5.74) is 5.21. The third-order valence-electron chi connectivity index (χ3n) is 6.54. The number of ether oxygens (including phenoxy) is 2. The Morgan fingerprint density at radius 2 is 1.60 bits per heavy atom. The van der Waals surface area contributed by atoms with Gasteiger partial charge in [0.25, 0.3) is 0 Å². The summed E-state index contributed by atoms with van der Waals surface area (Å²) in [6, 6.07) is 17.7. The normalized spacial score (nSPS) is 24.4. The minimum absolute atomic E-state index is 0.342. The molecule has 35 heavy (non-hydrogen) atoms. The van der Waals surface area contributed by atoms with Crippen LogP contribution in [0.25, 0.3) is 11.1 Å². The van der Waals surface area contributed by atoms with Gasteiger partial charge in [-0.1, -0.05) is 30.3 Å². The first-order valence-electron chi connectivity index (χ1n) is 11.7. The van der Waals surface area contributed by atoms with Crippen molar-refractivity contribution in [2.45, 2.75) is 50.8 Å². The molecule has 0 bridgehead atoms. The van der Waals surface area contributed by atoms with Crippen molar-refractivity contribution in [3.63, 3.8) is 0 Å². The number of aliphatic hydroxyl groups excluding tert-OH is 4. The topological polar surface area (TPSA) is 99.4 Å². The maximum Gasteiger partial charge on any atom is 0.123 e. The zero-order chi connectivity index (χ0) is 25.1. The van der Waals surface area contributed by atoms with Gasteiger partial charge >= 0.3 is 0 Å². The minimum Gasteiger partial charge on any atom is -0.494 e. The van der Waals surface area contributed by atoms with Crippen molar-refractivity contribution in [1.82, 2.24) is 0 Å². The second-order valence-corrected chi connectivity index (χ2v) is 8.86. The standard InChI is InChI=1S/C28H31FO6/c1-3-34-22-10-4-17(5-11-22)12-19-13-20(28-27(33)26(32)25(31)24(15-30)35-28)14-23(16(19)2)18-6-8-21(29)9-7-18/h4-11,13-14,24-28,30-33H,3,12,15H2,1-2H3. The van der Waals surface area contributed by atoms with E-state index in [1.165, 1.54) is 12.1 Å². The van der Waals surface area contributed by atoms with Gasteiger partial charge in [-0.15, -0.1) is 0 Å². The van der Waals surface area contributed by atoms with Gasteiger partial charge in [-0.25, -0.2) is 4.39 Å². The quantitative estimate of drug-likeness (QED) is 0.413. The van der Waals surface area contributed by atoms with Crippen molar-refractivity contribution < 1.29 is 34.3 Å². The summed E-state index contributed by atoms with van der Waals surface area (Å²) < 4.78 is 25.0. The van der Waals surface area contributed by atoms with Crippen LogP contribution in [0.15, 0.2) is 60.7 Å². The molecular weight excluding hydrogens is 451 g/mol. The molecule has 3 aromatic carbocycles. The van der Waals surface area contributed by atoms with Gasteiger partial charge in [-0.2, -0.15) is 0 Å². The van der Waals surface area contributed by atoms with Crippen molar-refractivity contribution in [2.75, 3.05) is 13.2 Å². The molecule has 186 valence electrons. The number of halogens is 1. The Kier molecular flexibility index (Phi) is 7.84. The summed E-state index contributed by atoms with van der Waals surface area (Å²) in [5, 5.41) is 40.9. The predicted octanol–water partition coefficient (Wildman–Crippen LogP) is 3.31. The van der Waals surface area contributed by atoms with E-state index in [0.29, 0.717) is 18.6 Å². The van der Waals surface area contributed by atoms with E-state index in [1.54, 1.807) is 12.1 Å². The molecule has 1 aliphatic rings. The predicted molar refractivity (Wildman–Crippen MR) is 130 cm³/mol. The summed E-state index contributed by atoms with van der Waals surface area (Å²) in [6.07, 6.45) is -5.70. The molecule has 0 saturated carbocycles. The Morgan fingerprint density at radius 1 is 0.914 bits per heavy atom. The highest BCUT2D eigenvalue weighted by atomic mass is 19.1. The third-order valence-corrected chi connectivity index (χ3v) is 6.54. The molecule has 3 aromatic rings. The molecule has 4 rings (SSSR count). The Labute approximate surface area is 204 Å². The maximum absolute atomic E-state index is 13.6. The van der Waals surface area contributed by atoms with Crippen LogP contribution in [0.1, 0.15) is 35.3 Å². The van der Waals surface area contributed by atoms with Crippen LogP contribution in [0, 0.1) is 12.7 Å². The van der Waals surface area contributed by atoms with Crippen LogP contribution in [0.3, 0.4) is 0 Å². The Hall–Kier alpha value is -2.81. The first-order valence-corrected chi connectivity index (χ1v) is 11.7. The highest BCUT2D eigenvalue weighted by Crippen LogP contribution is 2.37.